The molecule has 3 nitrogen and oxygen atoms in total. The zero-order valence-corrected chi connectivity index (χ0v) is 18.0. The summed E-state index contributed by atoms with van der Waals surface area (Å²) in [5.74, 6) is -0.0108. The first-order chi connectivity index (χ1) is 13.7. The number of para-hydroxylation sites is 1. The second-order valence-corrected chi connectivity index (χ2v) is 9.20. The molecular formula is C26H30N2O. The van der Waals surface area contributed by atoms with Crippen LogP contribution in [0.5, 0.6) is 0 Å². The second-order valence-electron chi connectivity index (χ2n) is 9.20. The van der Waals surface area contributed by atoms with Crippen LogP contribution in [0.25, 0.3) is 17.0 Å². The van der Waals surface area contributed by atoms with Crippen molar-refractivity contribution in [3.63, 3.8) is 0 Å². The maximum atomic E-state index is 12.9. The Morgan fingerprint density at radius 3 is 2.34 bits per heavy atom. The molecule has 29 heavy (non-hydrogen) atoms. The average molecular weight is 387 g/mol. The molecule has 0 fully saturated rings. The van der Waals surface area contributed by atoms with Gasteiger partial charge in [-0.05, 0) is 35.1 Å². The van der Waals surface area contributed by atoms with E-state index in [1.807, 2.05) is 44.2 Å². The van der Waals surface area contributed by atoms with Gasteiger partial charge in [-0.3, -0.25) is 9.78 Å². The van der Waals surface area contributed by atoms with E-state index in [1.165, 1.54) is 5.56 Å². The summed E-state index contributed by atoms with van der Waals surface area (Å²) in [6.07, 6.45) is 6.56. The third-order valence-electron chi connectivity index (χ3n) is 5.21. The molecule has 2 aromatic carbocycles. The molecule has 3 aromatic rings. The summed E-state index contributed by atoms with van der Waals surface area (Å²) in [5.41, 5.74) is 3.65. The lowest BCUT2D eigenvalue weighted by Gasteiger charge is -2.22. The van der Waals surface area contributed by atoms with E-state index in [-0.39, 0.29) is 11.3 Å². The van der Waals surface area contributed by atoms with Gasteiger partial charge in [0.2, 0.25) is 5.91 Å². The summed E-state index contributed by atoms with van der Waals surface area (Å²) in [4.78, 5) is 17.3. The van der Waals surface area contributed by atoms with Crippen LogP contribution in [0.1, 0.15) is 52.2 Å². The third kappa shape index (κ3) is 5.11. The van der Waals surface area contributed by atoms with Gasteiger partial charge in [-0.15, -0.1) is 0 Å². The van der Waals surface area contributed by atoms with Crippen molar-refractivity contribution < 1.29 is 4.79 Å². The Labute approximate surface area is 173 Å². The topological polar surface area (TPSA) is 42.0 Å². The number of fused-ring (bicyclic) bond motifs is 1. The number of anilines is 1. The predicted octanol–water partition coefficient (Wildman–Crippen LogP) is 6.60. The molecule has 0 saturated carbocycles. The van der Waals surface area contributed by atoms with Crippen molar-refractivity contribution in [3.05, 3.63) is 78.0 Å². The lowest BCUT2D eigenvalue weighted by atomic mass is 9.86. The van der Waals surface area contributed by atoms with E-state index >= 15 is 0 Å². The van der Waals surface area contributed by atoms with Crippen LogP contribution >= 0.6 is 0 Å². The van der Waals surface area contributed by atoms with Crippen LogP contribution in [0, 0.1) is 5.41 Å². The zero-order chi connectivity index (χ0) is 21.1. The maximum absolute atomic E-state index is 12.9. The quantitative estimate of drug-likeness (QED) is 0.537. The maximum Gasteiger partial charge on any atom is 0.230 e. The van der Waals surface area contributed by atoms with Gasteiger partial charge in [0.1, 0.15) is 0 Å². The van der Waals surface area contributed by atoms with Crippen LogP contribution in [0.2, 0.25) is 0 Å². The SMILES string of the molecule is CC(C)(C/C=C/c1ccc(C(C)(C)C)cc1)C(=O)Nc1cccc2cccnc12. The molecule has 0 saturated heterocycles. The number of benzene rings is 2. The van der Waals surface area contributed by atoms with Crippen LogP contribution in [-0.4, -0.2) is 10.9 Å². The molecule has 0 radical (unpaired) electrons. The minimum absolute atomic E-state index is 0.0108. The van der Waals surface area contributed by atoms with E-state index in [1.54, 1.807) is 6.20 Å². The zero-order valence-electron chi connectivity index (χ0n) is 18.0. The number of nitrogens with one attached hydrogen (secondary N) is 1. The van der Waals surface area contributed by atoms with E-state index in [4.69, 9.17) is 0 Å². The Hall–Kier alpha value is -2.94. The number of pyridine rings is 1. The molecule has 1 N–H and O–H groups in total. The smallest absolute Gasteiger partial charge is 0.230 e. The van der Waals surface area contributed by atoms with Crippen molar-refractivity contribution in [1.82, 2.24) is 4.98 Å². The Balaban J connectivity index is 1.67. The second kappa shape index (κ2) is 8.20. The summed E-state index contributed by atoms with van der Waals surface area (Å²) in [6, 6.07) is 18.3. The molecule has 1 aromatic heterocycles. The molecule has 0 unspecified atom stereocenters. The monoisotopic (exact) mass is 386 g/mol. The van der Waals surface area contributed by atoms with Crippen LogP contribution in [0.4, 0.5) is 5.69 Å². The number of hydrogen-bond acceptors (Lipinski definition) is 2. The molecule has 0 aliphatic rings. The van der Waals surface area contributed by atoms with Crippen LogP contribution < -0.4 is 5.32 Å². The molecule has 0 aliphatic heterocycles. The van der Waals surface area contributed by atoms with E-state index in [2.05, 4.69) is 67.5 Å². The number of hydrogen-bond donors (Lipinski definition) is 1. The number of nitrogens with zero attached hydrogens (tertiary/aromatic N) is 1. The standard InChI is InChI=1S/C26H30N2O/c1-25(2,3)21-15-13-19(14-16-21)9-7-17-26(4,5)24(29)28-22-12-6-10-20-11-8-18-27-23(20)22/h6-16,18H,17H2,1-5H3,(H,28,29)/b9-7+. The molecule has 1 heterocycles. The molecular weight excluding hydrogens is 356 g/mol. The van der Waals surface area contributed by atoms with Crippen LogP contribution in [-0.2, 0) is 10.2 Å². The third-order valence-corrected chi connectivity index (χ3v) is 5.21. The van der Waals surface area contributed by atoms with Crippen molar-refractivity contribution in [1.29, 1.82) is 0 Å². The fourth-order valence-electron chi connectivity index (χ4n) is 3.17. The van der Waals surface area contributed by atoms with Gasteiger partial charge < -0.3 is 5.32 Å². The van der Waals surface area contributed by atoms with Gasteiger partial charge in [0.05, 0.1) is 11.2 Å². The summed E-state index contributed by atoms with van der Waals surface area (Å²) in [7, 11) is 0. The van der Waals surface area contributed by atoms with Gasteiger partial charge >= 0.3 is 0 Å². The van der Waals surface area contributed by atoms with Gasteiger partial charge in [-0.25, -0.2) is 0 Å². The first-order valence-electron chi connectivity index (χ1n) is 10.1. The number of carbonyl (C=O) groups excluding carboxylic acids is 1. The molecule has 1 amide bonds. The fourth-order valence-corrected chi connectivity index (χ4v) is 3.17. The van der Waals surface area contributed by atoms with Crippen molar-refractivity contribution in [2.45, 2.75) is 46.5 Å². The first-order valence-corrected chi connectivity index (χ1v) is 10.1. The minimum atomic E-state index is -0.529. The van der Waals surface area contributed by atoms with E-state index < -0.39 is 5.41 Å². The number of carbonyl (C=O) groups is 1. The lowest BCUT2D eigenvalue weighted by Crippen LogP contribution is -2.30. The average Bonchev–Trinajstić information content (AvgIpc) is 2.68. The van der Waals surface area contributed by atoms with Gasteiger partial charge in [-0.1, -0.05) is 89.2 Å². The van der Waals surface area contributed by atoms with E-state index in [0.717, 1.165) is 22.2 Å². The highest BCUT2D eigenvalue weighted by Crippen LogP contribution is 2.27. The molecule has 0 atom stereocenters. The predicted molar refractivity (Wildman–Crippen MR) is 123 cm³/mol. The van der Waals surface area contributed by atoms with Crippen LogP contribution in [0.15, 0.2) is 66.9 Å². The largest absolute Gasteiger partial charge is 0.324 e. The highest BCUT2D eigenvalue weighted by Gasteiger charge is 2.26. The molecule has 3 heteroatoms. The normalized spacial score (nSPS) is 12.4. The van der Waals surface area contributed by atoms with Crippen LogP contribution in [0.3, 0.4) is 0 Å². The number of rotatable bonds is 5. The lowest BCUT2D eigenvalue weighted by molar-refractivity contribution is -0.123. The number of aromatic nitrogens is 1. The molecule has 150 valence electrons. The molecule has 3 rings (SSSR count). The Morgan fingerprint density at radius 2 is 1.66 bits per heavy atom. The fraction of sp³-hybridized carbons (Fsp3) is 0.308. The highest BCUT2D eigenvalue weighted by molar-refractivity contribution is 6.02. The van der Waals surface area contributed by atoms with Gasteiger partial charge in [-0.2, -0.15) is 0 Å². The van der Waals surface area contributed by atoms with Gasteiger partial charge in [0.25, 0.3) is 0 Å². The molecule has 0 spiro atoms. The molecule has 0 aliphatic carbocycles. The van der Waals surface area contributed by atoms with Gasteiger partial charge in [0.15, 0.2) is 0 Å². The molecule has 0 bridgehead atoms. The van der Waals surface area contributed by atoms with Crippen molar-refractivity contribution in [2.24, 2.45) is 5.41 Å². The number of allylic oxidation sites excluding steroid dienone is 1. The summed E-state index contributed by atoms with van der Waals surface area (Å²) in [6.45, 7) is 10.6. The van der Waals surface area contributed by atoms with Gasteiger partial charge in [0, 0.05) is 17.0 Å². The summed E-state index contributed by atoms with van der Waals surface area (Å²) in [5, 5.41) is 4.08. The van der Waals surface area contributed by atoms with Crippen molar-refractivity contribution in [3.8, 4) is 0 Å². The number of amides is 1. The Morgan fingerprint density at radius 1 is 0.966 bits per heavy atom. The highest BCUT2D eigenvalue weighted by atomic mass is 16.2. The Kier molecular flexibility index (Phi) is 5.88. The summed E-state index contributed by atoms with van der Waals surface area (Å²) >= 11 is 0. The Bertz CT molecular complexity index is 1020. The summed E-state index contributed by atoms with van der Waals surface area (Å²) < 4.78 is 0. The minimum Gasteiger partial charge on any atom is -0.324 e. The van der Waals surface area contributed by atoms with Crippen molar-refractivity contribution >= 4 is 28.6 Å². The van der Waals surface area contributed by atoms with E-state index in [9.17, 15) is 4.79 Å². The first kappa shape index (κ1) is 20.8. The van der Waals surface area contributed by atoms with E-state index in [0.29, 0.717) is 6.42 Å². The van der Waals surface area contributed by atoms with Crippen molar-refractivity contribution in [2.75, 3.05) is 5.32 Å².